The van der Waals surface area contributed by atoms with Crippen LogP contribution in [-0.4, -0.2) is 41.3 Å². The zero-order valence-corrected chi connectivity index (χ0v) is 12.1. The van der Waals surface area contributed by atoms with Gasteiger partial charge in [-0.15, -0.1) is 0 Å². The Morgan fingerprint density at radius 3 is 2.44 bits per heavy atom. The first kappa shape index (κ1) is 13.4. The molecule has 0 saturated heterocycles. The van der Waals surface area contributed by atoms with Crippen molar-refractivity contribution in [1.82, 2.24) is 15.0 Å². The van der Waals surface area contributed by atoms with Gasteiger partial charge in [0, 0.05) is 26.4 Å². The predicted molar refractivity (Wildman–Crippen MR) is 76.4 cm³/mol. The molecule has 0 unspecified atom stereocenters. The molecule has 1 aliphatic carbocycles. The van der Waals surface area contributed by atoms with Crippen molar-refractivity contribution in [1.29, 1.82) is 0 Å². The molecule has 0 bridgehead atoms. The van der Waals surface area contributed by atoms with E-state index in [1.54, 1.807) is 11.8 Å². The molecule has 100 valence electrons. The van der Waals surface area contributed by atoms with Gasteiger partial charge >= 0.3 is 0 Å². The molecule has 0 radical (unpaired) electrons. The molecule has 1 aromatic heterocycles. The monoisotopic (exact) mass is 267 g/mol. The second kappa shape index (κ2) is 6.22. The Kier molecular flexibility index (Phi) is 4.63. The Bertz CT molecular complexity index is 390. The molecular weight excluding hydrogens is 246 g/mol. The molecule has 0 atom stereocenters. The van der Waals surface area contributed by atoms with Crippen LogP contribution in [-0.2, 0) is 0 Å². The van der Waals surface area contributed by atoms with E-state index >= 15 is 0 Å². The molecule has 0 amide bonds. The second-order valence-corrected chi connectivity index (χ2v) is 6.03. The van der Waals surface area contributed by atoms with Gasteiger partial charge in [-0.1, -0.05) is 31.0 Å². The van der Waals surface area contributed by atoms with Gasteiger partial charge in [0.2, 0.25) is 11.9 Å². The first-order chi connectivity index (χ1) is 8.69. The Balaban J connectivity index is 2.12. The zero-order chi connectivity index (χ0) is 13.0. The van der Waals surface area contributed by atoms with Crippen molar-refractivity contribution < 1.29 is 0 Å². The highest BCUT2D eigenvalue weighted by molar-refractivity contribution is 7.99. The minimum absolute atomic E-state index is 0.645. The van der Waals surface area contributed by atoms with E-state index in [9.17, 15) is 0 Å². The summed E-state index contributed by atoms with van der Waals surface area (Å²) in [5.74, 6) is 1.36. The summed E-state index contributed by atoms with van der Waals surface area (Å²) in [6.07, 6.45) is 6.61. The number of rotatable bonds is 4. The van der Waals surface area contributed by atoms with Crippen LogP contribution in [0.25, 0.3) is 0 Å². The van der Waals surface area contributed by atoms with E-state index in [2.05, 4.69) is 20.3 Å². The van der Waals surface area contributed by atoms with Crippen molar-refractivity contribution in [3.05, 3.63) is 0 Å². The van der Waals surface area contributed by atoms with Crippen LogP contribution in [0, 0.1) is 0 Å². The summed E-state index contributed by atoms with van der Waals surface area (Å²) >= 11 is 1.80. The van der Waals surface area contributed by atoms with Gasteiger partial charge in [-0.3, -0.25) is 0 Å². The molecule has 5 nitrogen and oxygen atoms in total. The number of thioether (sulfide) groups is 1. The zero-order valence-electron chi connectivity index (χ0n) is 11.3. The fourth-order valence-electron chi connectivity index (χ4n) is 2.04. The number of hydrogen-bond acceptors (Lipinski definition) is 6. The molecule has 1 saturated carbocycles. The fourth-order valence-corrected chi connectivity index (χ4v) is 3.18. The van der Waals surface area contributed by atoms with Crippen LogP contribution in [0.3, 0.4) is 0 Å². The lowest BCUT2D eigenvalue weighted by Gasteiger charge is -2.20. The number of aromatic nitrogens is 3. The lowest BCUT2D eigenvalue weighted by Crippen LogP contribution is -2.16. The van der Waals surface area contributed by atoms with Crippen molar-refractivity contribution in [2.45, 2.75) is 42.5 Å². The van der Waals surface area contributed by atoms with E-state index < -0.39 is 0 Å². The highest BCUT2D eigenvalue weighted by atomic mass is 32.2. The molecule has 6 heteroatoms. The van der Waals surface area contributed by atoms with E-state index in [1.165, 1.54) is 32.1 Å². The Morgan fingerprint density at radius 1 is 1.11 bits per heavy atom. The van der Waals surface area contributed by atoms with Crippen molar-refractivity contribution in [3.63, 3.8) is 0 Å². The average molecular weight is 267 g/mol. The maximum atomic E-state index is 4.50. The third-order valence-corrected chi connectivity index (χ3v) is 4.25. The van der Waals surface area contributed by atoms with Crippen LogP contribution in [0.2, 0.25) is 0 Å². The van der Waals surface area contributed by atoms with E-state index in [-0.39, 0.29) is 0 Å². The average Bonchev–Trinajstić information content (AvgIpc) is 2.39. The summed E-state index contributed by atoms with van der Waals surface area (Å²) in [5, 5.41) is 4.50. The van der Waals surface area contributed by atoms with Crippen molar-refractivity contribution in [2.75, 3.05) is 31.4 Å². The molecule has 0 aromatic carbocycles. The summed E-state index contributed by atoms with van der Waals surface area (Å²) in [4.78, 5) is 15.2. The minimum atomic E-state index is 0.645. The molecule has 0 spiro atoms. The molecule has 2 rings (SSSR count). The van der Waals surface area contributed by atoms with E-state index in [1.807, 2.05) is 26.0 Å². The molecule has 0 aliphatic heterocycles. The van der Waals surface area contributed by atoms with Gasteiger partial charge < -0.3 is 10.2 Å². The standard InChI is InChI=1S/C12H21N5S/c1-13-10-14-11(17(2)3)16-12(15-10)18-9-7-5-4-6-8-9/h9H,4-8H2,1-3H3,(H,13,14,15,16). The van der Waals surface area contributed by atoms with Gasteiger partial charge in [0.25, 0.3) is 0 Å². The quantitative estimate of drug-likeness (QED) is 0.904. The third kappa shape index (κ3) is 3.48. The fraction of sp³-hybridized carbons (Fsp3) is 0.750. The summed E-state index contributed by atoms with van der Waals surface area (Å²) in [6.45, 7) is 0. The van der Waals surface area contributed by atoms with E-state index in [0.717, 1.165) is 5.16 Å². The van der Waals surface area contributed by atoms with E-state index in [0.29, 0.717) is 17.1 Å². The van der Waals surface area contributed by atoms with E-state index in [4.69, 9.17) is 0 Å². The van der Waals surface area contributed by atoms with Crippen LogP contribution in [0.5, 0.6) is 0 Å². The van der Waals surface area contributed by atoms with Gasteiger partial charge in [0.15, 0.2) is 5.16 Å². The molecule has 1 N–H and O–H groups in total. The van der Waals surface area contributed by atoms with Crippen LogP contribution in [0.4, 0.5) is 11.9 Å². The summed E-state index contributed by atoms with van der Waals surface area (Å²) in [5.41, 5.74) is 0. The summed E-state index contributed by atoms with van der Waals surface area (Å²) in [6, 6.07) is 0. The molecule has 18 heavy (non-hydrogen) atoms. The maximum absolute atomic E-state index is 4.50. The smallest absolute Gasteiger partial charge is 0.230 e. The summed E-state index contributed by atoms with van der Waals surface area (Å²) < 4.78 is 0. The number of hydrogen-bond donors (Lipinski definition) is 1. The van der Waals surface area contributed by atoms with Crippen molar-refractivity contribution in [2.24, 2.45) is 0 Å². The maximum Gasteiger partial charge on any atom is 0.230 e. The van der Waals surface area contributed by atoms with Gasteiger partial charge in [0.1, 0.15) is 0 Å². The number of nitrogens with zero attached hydrogens (tertiary/aromatic N) is 4. The first-order valence-corrected chi connectivity index (χ1v) is 7.35. The molecule has 1 heterocycles. The SMILES string of the molecule is CNc1nc(SC2CCCCC2)nc(N(C)C)n1. The molecular formula is C12H21N5S. The summed E-state index contributed by atoms with van der Waals surface area (Å²) in [7, 11) is 5.73. The highest BCUT2D eigenvalue weighted by Gasteiger charge is 2.17. The van der Waals surface area contributed by atoms with Crippen molar-refractivity contribution >= 4 is 23.7 Å². The van der Waals surface area contributed by atoms with Gasteiger partial charge in [-0.25, -0.2) is 0 Å². The topological polar surface area (TPSA) is 53.9 Å². The minimum Gasteiger partial charge on any atom is -0.357 e. The highest BCUT2D eigenvalue weighted by Crippen LogP contribution is 2.32. The Labute approximate surface area is 113 Å². The Morgan fingerprint density at radius 2 is 1.83 bits per heavy atom. The van der Waals surface area contributed by atoms with Gasteiger partial charge in [-0.2, -0.15) is 15.0 Å². The second-order valence-electron chi connectivity index (χ2n) is 4.76. The molecule has 1 aromatic rings. The van der Waals surface area contributed by atoms with Crippen molar-refractivity contribution in [3.8, 4) is 0 Å². The third-order valence-electron chi connectivity index (χ3n) is 3.05. The van der Waals surface area contributed by atoms with Crippen LogP contribution in [0.1, 0.15) is 32.1 Å². The molecule has 1 aliphatic rings. The number of nitrogens with one attached hydrogen (secondary N) is 1. The van der Waals surface area contributed by atoms with Crippen LogP contribution < -0.4 is 10.2 Å². The number of anilines is 2. The van der Waals surface area contributed by atoms with Gasteiger partial charge in [0.05, 0.1) is 0 Å². The van der Waals surface area contributed by atoms with Crippen LogP contribution in [0.15, 0.2) is 5.16 Å². The Hall–Kier alpha value is -1.04. The van der Waals surface area contributed by atoms with Gasteiger partial charge in [-0.05, 0) is 12.8 Å². The predicted octanol–water partition coefficient (Wildman–Crippen LogP) is 2.40. The normalized spacial score (nSPS) is 16.6. The van der Waals surface area contributed by atoms with Crippen LogP contribution >= 0.6 is 11.8 Å². The lowest BCUT2D eigenvalue weighted by atomic mass is 10.0. The first-order valence-electron chi connectivity index (χ1n) is 6.47. The lowest BCUT2D eigenvalue weighted by molar-refractivity contribution is 0.515. The molecule has 1 fully saturated rings. The largest absolute Gasteiger partial charge is 0.357 e.